The van der Waals surface area contributed by atoms with Crippen molar-refractivity contribution in [3.8, 4) is 0 Å². The van der Waals surface area contributed by atoms with Crippen LogP contribution in [0.15, 0.2) is 39.9 Å². The fourth-order valence-corrected chi connectivity index (χ4v) is 1.97. The molecule has 0 amide bonds. The van der Waals surface area contributed by atoms with Crippen molar-refractivity contribution in [1.82, 2.24) is 9.97 Å². The number of H-pyrrole nitrogens is 1. The average molecular weight is 309 g/mol. The first kappa shape index (κ1) is 12.8. The summed E-state index contributed by atoms with van der Waals surface area (Å²) < 4.78 is 0.398. The Balaban J connectivity index is 2.16. The molecule has 18 heavy (non-hydrogen) atoms. The highest BCUT2D eigenvalue weighted by atomic mass is 79.9. The maximum atomic E-state index is 11.4. The van der Waals surface area contributed by atoms with Gasteiger partial charge in [0.15, 0.2) is 0 Å². The molecule has 5 nitrogen and oxygen atoms in total. The molecule has 1 aromatic carbocycles. The molecule has 0 spiro atoms. The lowest BCUT2D eigenvalue weighted by atomic mass is 10.1. The second kappa shape index (κ2) is 5.79. The maximum Gasteiger partial charge on any atom is 0.267 e. The Morgan fingerprint density at radius 2 is 2.06 bits per heavy atom. The molecule has 2 rings (SSSR count). The number of rotatable bonds is 4. The van der Waals surface area contributed by atoms with Crippen LogP contribution in [-0.4, -0.2) is 9.97 Å². The highest BCUT2D eigenvalue weighted by Gasteiger charge is 2.05. The van der Waals surface area contributed by atoms with Crippen LogP contribution in [0.2, 0.25) is 0 Å². The van der Waals surface area contributed by atoms with Gasteiger partial charge in [-0.25, -0.2) is 4.98 Å². The largest absolute Gasteiger partial charge is 0.365 e. The average Bonchev–Trinajstić information content (AvgIpc) is 2.41. The van der Waals surface area contributed by atoms with Gasteiger partial charge in [0.2, 0.25) is 0 Å². The minimum absolute atomic E-state index is 0.209. The lowest BCUT2D eigenvalue weighted by molar-refractivity contribution is 0.991. The molecule has 0 aliphatic heterocycles. The number of nitrogens with two attached hydrogens (primary N) is 1. The van der Waals surface area contributed by atoms with Crippen LogP contribution in [0.4, 0.5) is 5.82 Å². The van der Waals surface area contributed by atoms with E-state index in [1.165, 1.54) is 6.33 Å². The van der Waals surface area contributed by atoms with E-state index < -0.39 is 0 Å². The third-order valence-corrected chi connectivity index (χ3v) is 3.32. The SMILES string of the molecule is NCc1ccccc1CNc1nc[nH]c(=O)c1Br. The first-order chi connectivity index (χ1) is 8.72. The number of anilines is 1. The van der Waals surface area contributed by atoms with Gasteiger partial charge in [-0.2, -0.15) is 0 Å². The summed E-state index contributed by atoms with van der Waals surface area (Å²) in [5.74, 6) is 0.519. The van der Waals surface area contributed by atoms with Gasteiger partial charge in [-0.15, -0.1) is 0 Å². The monoisotopic (exact) mass is 308 g/mol. The van der Waals surface area contributed by atoms with Gasteiger partial charge in [0, 0.05) is 13.1 Å². The standard InChI is InChI=1S/C12H13BrN4O/c13-10-11(16-7-17-12(10)18)15-6-9-4-2-1-3-8(9)5-14/h1-4,7H,5-6,14H2,(H2,15,16,17,18). The molecule has 0 unspecified atom stereocenters. The lowest BCUT2D eigenvalue weighted by Crippen LogP contribution is -2.13. The van der Waals surface area contributed by atoms with Gasteiger partial charge in [-0.3, -0.25) is 4.79 Å². The molecule has 0 radical (unpaired) electrons. The summed E-state index contributed by atoms with van der Waals surface area (Å²) in [6.07, 6.45) is 1.37. The van der Waals surface area contributed by atoms with Crippen molar-refractivity contribution in [2.45, 2.75) is 13.1 Å². The van der Waals surface area contributed by atoms with Crippen LogP contribution in [0.1, 0.15) is 11.1 Å². The minimum atomic E-state index is -0.209. The maximum absolute atomic E-state index is 11.4. The molecular weight excluding hydrogens is 296 g/mol. The van der Waals surface area contributed by atoms with E-state index in [9.17, 15) is 4.79 Å². The van der Waals surface area contributed by atoms with E-state index in [1.807, 2.05) is 24.3 Å². The van der Waals surface area contributed by atoms with Crippen molar-refractivity contribution in [2.24, 2.45) is 5.73 Å². The molecule has 0 saturated carbocycles. The number of benzene rings is 1. The van der Waals surface area contributed by atoms with E-state index in [2.05, 4.69) is 31.2 Å². The molecule has 6 heteroatoms. The highest BCUT2D eigenvalue weighted by molar-refractivity contribution is 9.10. The molecule has 0 aliphatic carbocycles. The summed E-state index contributed by atoms with van der Waals surface area (Å²) >= 11 is 3.20. The molecule has 0 bridgehead atoms. The molecular formula is C12H13BrN4O. The Hall–Kier alpha value is -1.66. The number of aromatic nitrogens is 2. The Bertz CT molecular complexity index is 597. The highest BCUT2D eigenvalue weighted by Crippen LogP contribution is 2.15. The number of halogens is 1. The Kier molecular flexibility index (Phi) is 4.11. The number of aromatic amines is 1. The molecule has 0 fully saturated rings. The van der Waals surface area contributed by atoms with Gasteiger partial charge >= 0.3 is 0 Å². The summed E-state index contributed by atoms with van der Waals surface area (Å²) in [6.45, 7) is 1.06. The van der Waals surface area contributed by atoms with Crippen molar-refractivity contribution in [3.63, 3.8) is 0 Å². The third-order valence-electron chi connectivity index (χ3n) is 2.58. The summed E-state index contributed by atoms with van der Waals surface area (Å²) in [5, 5.41) is 3.11. The van der Waals surface area contributed by atoms with Gasteiger partial charge in [0.05, 0.1) is 6.33 Å². The molecule has 94 valence electrons. The van der Waals surface area contributed by atoms with Gasteiger partial charge in [-0.1, -0.05) is 24.3 Å². The zero-order valence-electron chi connectivity index (χ0n) is 9.61. The third kappa shape index (κ3) is 2.77. The van der Waals surface area contributed by atoms with Crippen LogP contribution in [0.5, 0.6) is 0 Å². The van der Waals surface area contributed by atoms with Gasteiger partial charge < -0.3 is 16.0 Å². The Labute approximate surface area is 113 Å². The first-order valence-corrected chi connectivity index (χ1v) is 6.25. The van der Waals surface area contributed by atoms with E-state index in [0.717, 1.165) is 11.1 Å². The fraction of sp³-hybridized carbons (Fsp3) is 0.167. The topological polar surface area (TPSA) is 83.8 Å². The summed E-state index contributed by atoms with van der Waals surface area (Å²) in [4.78, 5) is 17.9. The van der Waals surface area contributed by atoms with Crippen LogP contribution in [0.3, 0.4) is 0 Å². The smallest absolute Gasteiger partial charge is 0.267 e. The summed E-state index contributed by atoms with van der Waals surface area (Å²) in [6, 6.07) is 7.89. The second-order valence-corrected chi connectivity index (χ2v) is 4.51. The van der Waals surface area contributed by atoms with Crippen molar-refractivity contribution in [1.29, 1.82) is 0 Å². The van der Waals surface area contributed by atoms with Gasteiger partial charge in [0.25, 0.3) is 5.56 Å². The second-order valence-electron chi connectivity index (χ2n) is 3.72. The van der Waals surface area contributed by atoms with Crippen LogP contribution < -0.4 is 16.6 Å². The Morgan fingerprint density at radius 3 is 2.78 bits per heavy atom. The van der Waals surface area contributed by atoms with Crippen LogP contribution in [0, 0.1) is 0 Å². The van der Waals surface area contributed by atoms with E-state index in [0.29, 0.717) is 23.4 Å². The van der Waals surface area contributed by atoms with Crippen LogP contribution in [0.25, 0.3) is 0 Å². The van der Waals surface area contributed by atoms with Crippen molar-refractivity contribution >= 4 is 21.7 Å². The predicted molar refractivity (Wildman–Crippen MR) is 74.2 cm³/mol. The first-order valence-electron chi connectivity index (χ1n) is 5.46. The molecule has 0 atom stereocenters. The van der Waals surface area contributed by atoms with Crippen LogP contribution in [-0.2, 0) is 13.1 Å². The molecule has 0 aliphatic rings. The van der Waals surface area contributed by atoms with E-state index in [4.69, 9.17) is 5.73 Å². The van der Waals surface area contributed by atoms with Crippen LogP contribution >= 0.6 is 15.9 Å². The Morgan fingerprint density at radius 1 is 1.33 bits per heavy atom. The minimum Gasteiger partial charge on any atom is -0.365 e. The van der Waals surface area contributed by atoms with Gasteiger partial charge in [0.1, 0.15) is 10.3 Å². The molecule has 1 aromatic heterocycles. The van der Waals surface area contributed by atoms with Crippen molar-refractivity contribution in [2.75, 3.05) is 5.32 Å². The normalized spacial score (nSPS) is 10.3. The zero-order valence-corrected chi connectivity index (χ0v) is 11.2. The number of nitrogens with zero attached hydrogens (tertiary/aromatic N) is 1. The lowest BCUT2D eigenvalue weighted by Gasteiger charge is -2.10. The van der Waals surface area contributed by atoms with E-state index >= 15 is 0 Å². The predicted octanol–water partition coefficient (Wildman–Crippen LogP) is 1.60. The van der Waals surface area contributed by atoms with E-state index in [1.54, 1.807) is 0 Å². The zero-order chi connectivity index (χ0) is 13.0. The fourth-order valence-electron chi connectivity index (χ4n) is 1.61. The summed E-state index contributed by atoms with van der Waals surface area (Å²) in [7, 11) is 0. The number of hydrogen-bond donors (Lipinski definition) is 3. The van der Waals surface area contributed by atoms with Gasteiger partial charge in [-0.05, 0) is 27.1 Å². The quantitative estimate of drug-likeness (QED) is 0.801. The number of nitrogens with one attached hydrogen (secondary N) is 2. The molecule has 1 heterocycles. The summed E-state index contributed by atoms with van der Waals surface area (Å²) in [5.41, 5.74) is 7.62. The molecule has 4 N–H and O–H groups in total. The number of hydrogen-bond acceptors (Lipinski definition) is 4. The molecule has 2 aromatic rings. The molecule has 0 saturated heterocycles. The van der Waals surface area contributed by atoms with E-state index in [-0.39, 0.29) is 5.56 Å². The van der Waals surface area contributed by atoms with Crippen molar-refractivity contribution < 1.29 is 0 Å². The van der Waals surface area contributed by atoms with Crippen molar-refractivity contribution in [3.05, 3.63) is 56.5 Å².